The Hall–Kier alpha value is -0.600. The highest BCUT2D eigenvalue weighted by atomic mass is 35.5. The van der Waals surface area contributed by atoms with E-state index in [0.717, 1.165) is 18.4 Å². The minimum Gasteiger partial charge on any atom is -0.317 e. The van der Waals surface area contributed by atoms with Gasteiger partial charge in [-0.15, -0.1) is 0 Å². The van der Waals surface area contributed by atoms with Crippen molar-refractivity contribution < 1.29 is 4.39 Å². The maximum atomic E-state index is 13.8. The van der Waals surface area contributed by atoms with E-state index in [9.17, 15) is 4.39 Å². The van der Waals surface area contributed by atoms with E-state index in [2.05, 4.69) is 5.32 Å². The van der Waals surface area contributed by atoms with Gasteiger partial charge in [-0.05, 0) is 49.9 Å². The highest BCUT2D eigenvalue weighted by Crippen LogP contribution is 2.27. The van der Waals surface area contributed by atoms with Gasteiger partial charge in [-0.1, -0.05) is 36.9 Å². The number of hydrogen-bond acceptors (Lipinski definition) is 1. The van der Waals surface area contributed by atoms with Gasteiger partial charge in [-0.2, -0.15) is 0 Å². The van der Waals surface area contributed by atoms with Crippen LogP contribution in [0.4, 0.5) is 4.39 Å². The van der Waals surface area contributed by atoms with Gasteiger partial charge in [-0.3, -0.25) is 0 Å². The molecule has 18 heavy (non-hydrogen) atoms. The molecule has 1 nitrogen and oxygen atoms in total. The molecule has 1 aliphatic carbocycles. The molecule has 1 N–H and O–H groups in total. The largest absolute Gasteiger partial charge is 0.317 e. The van der Waals surface area contributed by atoms with Crippen molar-refractivity contribution in [2.75, 3.05) is 7.05 Å². The Morgan fingerprint density at radius 2 is 2.11 bits per heavy atom. The van der Waals surface area contributed by atoms with Gasteiger partial charge in [0.15, 0.2) is 0 Å². The first-order chi connectivity index (χ1) is 8.69. The normalized spacial score (nSPS) is 24.8. The van der Waals surface area contributed by atoms with Crippen LogP contribution in [0.1, 0.15) is 37.7 Å². The van der Waals surface area contributed by atoms with Gasteiger partial charge in [-0.25, -0.2) is 4.39 Å². The molecule has 1 aromatic carbocycles. The number of rotatable bonds is 3. The van der Waals surface area contributed by atoms with Crippen molar-refractivity contribution in [1.29, 1.82) is 0 Å². The second-order valence-corrected chi connectivity index (χ2v) is 5.75. The standard InChI is InChI=1S/C15H21ClFN/c1-18-14-5-3-2-4-11(9-14)8-12-6-7-13(16)10-15(12)17/h6-7,10-11,14,18H,2-5,8-9H2,1H3. The molecule has 1 saturated carbocycles. The maximum absolute atomic E-state index is 13.8. The lowest BCUT2D eigenvalue weighted by molar-refractivity contribution is 0.395. The lowest BCUT2D eigenvalue weighted by atomic mass is 9.91. The van der Waals surface area contributed by atoms with Gasteiger partial charge in [0.2, 0.25) is 0 Å². The Kier molecular flexibility index (Phi) is 5.02. The van der Waals surface area contributed by atoms with Crippen molar-refractivity contribution in [3.63, 3.8) is 0 Å². The molecular weight excluding hydrogens is 249 g/mol. The Morgan fingerprint density at radius 1 is 1.33 bits per heavy atom. The first-order valence-corrected chi connectivity index (χ1v) is 7.18. The Balaban J connectivity index is 2.02. The monoisotopic (exact) mass is 269 g/mol. The summed E-state index contributed by atoms with van der Waals surface area (Å²) in [5, 5.41) is 3.85. The fraction of sp³-hybridized carbons (Fsp3) is 0.600. The smallest absolute Gasteiger partial charge is 0.127 e. The first-order valence-electron chi connectivity index (χ1n) is 6.80. The first kappa shape index (κ1) is 13.8. The van der Waals surface area contributed by atoms with Gasteiger partial charge >= 0.3 is 0 Å². The van der Waals surface area contributed by atoms with Crippen molar-refractivity contribution in [2.24, 2.45) is 5.92 Å². The lowest BCUT2D eigenvalue weighted by Crippen LogP contribution is -2.26. The molecular formula is C15H21ClFN. The van der Waals surface area contributed by atoms with Gasteiger partial charge < -0.3 is 5.32 Å². The fourth-order valence-corrected chi connectivity index (χ4v) is 3.07. The highest BCUT2D eigenvalue weighted by molar-refractivity contribution is 6.30. The zero-order valence-corrected chi connectivity index (χ0v) is 11.6. The third-order valence-electron chi connectivity index (χ3n) is 3.96. The number of benzene rings is 1. The third kappa shape index (κ3) is 3.69. The van der Waals surface area contributed by atoms with E-state index in [4.69, 9.17) is 11.6 Å². The van der Waals surface area contributed by atoms with Crippen LogP contribution in [-0.2, 0) is 6.42 Å². The number of nitrogens with one attached hydrogen (secondary N) is 1. The zero-order valence-electron chi connectivity index (χ0n) is 10.9. The van der Waals surface area contributed by atoms with Gasteiger partial charge in [0.1, 0.15) is 5.82 Å². The quantitative estimate of drug-likeness (QED) is 0.812. The Morgan fingerprint density at radius 3 is 2.83 bits per heavy atom. The van der Waals surface area contributed by atoms with E-state index in [1.807, 2.05) is 13.1 Å². The number of halogens is 2. The van der Waals surface area contributed by atoms with Crippen LogP contribution in [0.25, 0.3) is 0 Å². The number of hydrogen-bond donors (Lipinski definition) is 1. The van der Waals surface area contributed by atoms with Gasteiger partial charge in [0, 0.05) is 11.1 Å². The molecule has 0 bridgehead atoms. The predicted molar refractivity (Wildman–Crippen MR) is 74.5 cm³/mol. The zero-order chi connectivity index (χ0) is 13.0. The summed E-state index contributed by atoms with van der Waals surface area (Å²) >= 11 is 5.78. The van der Waals surface area contributed by atoms with Crippen molar-refractivity contribution in [2.45, 2.75) is 44.6 Å². The van der Waals surface area contributed by atoms with E-state index < -0.39 is 0 Å². The van der Waals surface area contributed by atoms with E-state index in [1.54, 1.807) is 6.07 Å². The summed E-state index contributed by atoms with van der Waals surface area (Å²) < 4.78 is 13.8. The van der Waals surface area contributed by atoms with E-state index in [-0.39, 0.29) is 5.82 Å². The summed E-state index contributed by atoms with van der Waals surface area (Å²) in [4.78, 5) is 0. The van der Waals surface area contributed by atoms with E-state index in [0.29, 0.717) is 17.0 Å². The molecule has 0 spiro atoms. The molecule has 0 radical (unpaired) electrons. The topological polar surface area (TPSA) is 12.0 Å². The van der Waals surface area contributed by atoms with Crippen molar-refractivity contribution >= 4 is 11.6 Å². The average Bonchev–Trinajstić information content (AvgIpc) is 2.58. The van der Waals surface area contributed by atoms with Crippen LogP contribution in [0.3, 0.4) is 0 Å². The molecule has 0 aliphatic heterocycles. The molecule has 1 fully saturated rings. The van der Waals surface area contributed by atoms with Crippen LogP contribution in [0.15, 0.2) is 18.2 Å². The molecule has 0 heterocycles. The van der Waals surface area contributed by atoms with Gasteiger partial charge in [0.05, 0.1) is 0 Å². The summed E-state index contributed by atoms with van der Waals surface area (Å²) in [7, 11) is 2.02. The summed E-state index contributed by atoms with van der Waals surface area (Å²) in [6.45, 7) is 0. The van der Waals surface area contributed by atoms with Crippen molar-refractivity contribution in [3.8, 4) is 0 Å². The summed E-state index contributed by atoms with van der Waals surface area (Å²) in [6, 6.07) is 5.62. The average molecular weight is 270 g/mol. The molecule has 1 aromatic rings. The van der Waals surface area contributed by atoms with Crippen LogP contribution in [0.5, 0.6) is 0 Å². The third-order valence-corrected chi connectivity index (χ3v) is 4.20. The second kappa shape index (κ2) is 6.53. The molecule has 3 heteroatoms. The van der Waals surface area contributed by atoms with Gasteiger partial charge in [0.25, 0.3) is 0 Å². The molecule has 0 aromatic heterocycles. The Labute approximate surface area is 114 Å². The molecule has 0 saturated heterocycles. The molecule has 2 rings (SSSR count). The van der Waals surface area contributed by atoms with E-state index in [1.165, 1.54) is 31.7 Å². The van der Waals surface area contributed by atoms with Crippen LogP contribution in [0.2, 0.25) is 5.02 Å². The summed E-state index contributed by atoms with van der Waals surface area (Å²) in [5.74, 6) is 0.424. The van der Waals surface area contributed by atoms with Crippen molar-refractivity contribution in [1.82, 2.24) is 5.32 Å². The molecule has 0 amide bonds. The van der Waals surface area contributed by atoms with Crippen LogP contribution < -0.4 is 5.32 Å². The molecule has 100 valence electrons. The highest BCUT2D eigenvalue weighted by Gasteiger charge is 2.20. The van der Waals surface area contributed by atoms with E-state index >= 15 is 0 Å². The van der Waals surface area contributed by atoms with Crippen LogP contribution in [-0.4, -0.2) is 13.1 Å². The second-order valence-electron chi connectivity index (χ2n) is 5.31. The molecule has 1 aliphatic rings. The molecule has 2 unspecified atom stereocenters. The summed E-state index contributed by atoms with van der Waals surface area (Å²) in [5.41, 5.74) is 0.807. The Bertz CT molecular complexity index is 394. The lowest BCUT2D eigenvalue weighted by Gasteiger charge is -2.19. The minimum atomic E-state index is -0.159. The van der Waals surface area contributed by atoms with Crippen molar-refractivity contribution in [3.05, 3.63) is 34.6 Å². The summed E-state index contributed by atoms with van der Waals surface area (Å²) in [6.07, 6.45) is 6.99. The fourth-order valence-electron chi connectivity index (χ4n) is 2.91. The SMILES string of the molecule is CNC1CCCCC(Cc2ccc(Cl)cc2F)C1. The molecule has 2 atom stereocenters. The minimum absolute atomic E-state index is 0.159. The predicted octanol–water partition coefficient (Wildman–Crippen LogP) is 4.19. The van der Waals surface area contributed by atoms with Crippen LogP contribution >= 0.6 is 11.6 Å². The van der Waals surface area contributed by atoms with Crippen LogP contribution in [0, 0.1) is 11.7 Å². The maximum Gasteiger partial charge on any atom is 0.127 e.